The van der Waals surface area contributed by atoms with Gasteiger partial charge in [0.05, 0.1) is 16.2 Å². The van der Waals surface area contributed by atoms with E-state index in [4.69, 9.17) is 0 Å². The van der Waals surface area contributed by atoms with E-state index in [0.717, 1.165) is 28.6 Å². The van der Waals surface area contributed by atoms with Crippen LogP contribution in [0.25, 0.3) is 10.9 Å². The molecule has 0 fully saturated rings. The second-order valence-corrected chi connectivity index (χ2v) is 11.0. The molecule has 0 aliphatic rings. The molecule has 0 aliphatic carbocycles. The molecule has 0 saturated heterocycles. The third-order valence-corrected chi connectivity index (χ3v) is 8.02. The van der Waals surface area contributed by atoms with Gasteiger partial charge in [0.2, 0.25) is 0 Å². The number of rotatable bonds is 7. The molecule has 1 amide bonds. The number of alkyl halides is 3. The highest BCUT2D eigenvalue weighted by molar-refractivity contribution is 7.91. The van der Waals surface area contributed by atoms with E-state index in [1.807, 2.05) is 0 Å². The first-order valence-electron chi connectivity index (χ1n) is 11.4. The van der Waals surface area contributed by atoms with Gasteiger partial charge in [-0.15, -0.1) is 0 Å². The van der Waals surface area contributed by atoms with Crippen LogP contribution in [0.5, 0.6) is 0 Å². The summed E-state index contributed by atoms with van der Waals surface area (Å²) in [6.45, 7) is 1.78. The molecule has 0 saturated carbocycles. The summed E-state index contributed by atoms with van der Waals surface area (Å²) < 4.78 is 78.5. The lowest BCUT2D eigenvalue weighted by molar-refractivity contribution is -0.137. The molecule has 1 heterocycles. The van der Waals surface area contributed by atoms with Crippen molar-refractivity contribution in [3.63, 3.8) is 0 Å². The van der Waals surface area contributed by atoms with Gasteiger partial charge in [0.1, 0.15) is 5.82 Å². The van der Waals surface area contributed by atoms with E-state index >= 15 is 0 Å². The first kappa shape index (κ1) is 26.4. The van der Waals surface area contributed by atoms with E-state index in [0.29, 0.717) is 17.3 Å². The summed E-state index contributed by atoms with van der Waals surface area (Å²) in [7, 11) is -1.53. The molecule has 4 rings (SSSR count). The smallest absolute Gasteiger partial charge is 0.348 e. The molecule has 3 aromatic carbocycles. The van der Waals surface area contributed by atoms with Crippen molar-refractivity contribution in [1.82, 2.24) is 9.88 Å². The second kappa shape index (κ2) is 10.0. The molecule has 0 aliphatic heterocycles. The fourth-order valence-corrected chi connectivity index (χ4v) is 4.93. The van der Waals surface area contributed by atoms with Gasteiger partial charge >= 0.3 is 6.18 Å². The summed E-state index contributed by atoms with van der Waals surface area (Å²) in [5.41, 5.74) is 1.69. The van der Waals surface area contributed by atoms with Crippen LogP contribution in [0.2, 0.25) is 0 Å². The molecule has 0 spiro atoms. The number of hydrogen-bond acceptors (Lipinski definition) is 3. The molecule has 1 aromatic heterocycles. The van der Waals surface area contributed by atoms with Crippen molar-refractivity contribution in [2.45, 2.75) is 31.0 Å². The van der Waals surface area contributed by atoms with Gasteiger partial charge in [-0.25, -0.2) is 12.8 Å². The van der Waals surface area contributed by atoms with Crippen molar-refractivity contribution in [3.8, 4) is 0 Å². The molecule has 5 nitrogen and oxygen atoms in total. The topological polar surface area (TPSA) is 68.2 Å². The number of fused-ring (bicyclic) bond motifs is 1. The maximum Gasteiger partial charge on any atom is 0.416 e. The number of aromatic nitrogens is 1. The van der Waals surface area contributed by atoms with Crippen LogP contribution >= 0.6 is 0 Å². The van der Waals surface area contributed by atoms with Crippen LogP contribution in [0.15, 0.2) is 71.6 Å². The summed E-state index contributed by atoms with van der Waals surface area (Å²) in [6.07, 6.45) is -4.53. The van der Waals surface area contributed by atoms with Crippen molar-refractivity contribution >= 4 is 26.6 Å². The molecular formula is C27H24F4N2O3S. The highest BCUT2D eigenvalue weighted by Gasteiger charge is 2.31. The minimum Gasteiger partial charge on any atom is -0.348 e. The van der Waals surface area contributed by atoms with E-state index in [1.165, 1.54) is 12.1 Å². The Morgan fingerprint density at radius 2 is 1.68 bits per heavy atom. The van der Waals surface area contributed by atoms with Gasteiger partial charge in [-0.1, -0.05) is 25.1 Å². The largest absolute Gasteiger partial charge is 0.416 e. The zero-order valence-electron chi connectivity index (χ0n) is 20.1. The Morgan fingerprint density at radius 1 is 0.973 bits per heavy atom. The lowest BCUT2D eigenvalue weighted by Gasteiger charge is -2.10. The van der Waals surface area contributed by atoms with Crippen molar-refractivity contribution in [1.29, 1.82) is 0 Å². The molecule has 0 radical (unpaired) electrons. The van der Waals surface area contributed by atoms with E-state index in [1.54, 1.807) is 54.9 Å². The summed E-state index contributed by atoms with van der Waals surface area (Å²) in [4.78, 5) is 12.9. The third kappa shape index (κ3) is 5.69. The van der Waals surface area contributed by atoms with Crippen LogP contribution in [0.1, 0.15) is 39.7 Å². The van der Waals surface area contributed by atoms with Crippen molar-refractivity contribution < 1.29 is 30.8 Å². The predicted molar refractivity (Wildman–Crippen MR) is 132 cm³/mol. The van der Waals surface area contributed by atoms with E-state index < -0.39 is 27.4 Å². The van der Waals surface area contributed by atoms with Crippen LogP contribution in [-0.4, -0.2) is 24.6 Å². The summed E-state index contributed by atoms with van der Waals surface area (Å²) >= 11 is 0. The number of nitrogens with one attached hydrogen (secondary N) is 1. The quantitative estimate of drug-likeness (QED) is 0.313. The van der Waals surface area contributed by atoms with Crippen LogP contribution in [0, 0.1) is 5.82 Å². The molecule has 0 bridgehead atoms. The maximum absolute atomic E-state index is 14.4. The average molecular weight is 533 g/mol. The molecular weight excluding hydrogens is 508 g/mol. The molecule has 0 atom stereocenters. The monoisotopic (exact) mass is 532 g/mol. The molecule has 4 aromatic rings. The van der Waals surface area contributed by atoms with Crippen molar-refractivity contribution in [2.75, 3.05) is 5.75 Å². The normalized spacial score (nSPS) is 12.2. The molecule has 37 heavy (non-hydrogen) atoms. The number of carbonyl (C=O) groups is 1. The maximum atomic E-state index is 14.4. The van der Waals surface area contributed by atoms with Crippen LogP contribution < -0.4 is 5.32 Å². The summed E-state index contributed by atoms with van der Waals surface area (Å²) in [5.74, 6) is -1.25. The number of benzene rings is 3. The fraction of sp³-hybridized carbons (Fsp3) is 0.222. The summed E-state index contributed by atoms with van der Waals surface area (Å²) in [6, 6.07) is 15.7. The van der Waals surface area contributed by atoms with Gasteiger partial charge in [-0.3, -0.25) is 4.79 Å². The minimum absolute atomic E-state index is 0.00599. The minimum atomic E-state index is -4.62. The average Bonchev–Trinajstić information content (AvgIpc) is 3.17. The highest BCUT2D eigenvalue weighted by atomic mass is 32.2. The summed E-state index contributed by atoms with van der Waals surface area (Å²) in [5, 5.41) is 3.53. The fourth-order valence-electron chi connectivity index (χ4n) is 4.05. The SMILES string of the molecule is CCS(=O)(=O)c1ccc(CNC(=O)c2ccc3c(c2)cc(Cc2ccc(C(F)(F)F)cc2F)n3C)cc1. The van der Waals surface area contributed by atoms with Gasteiger partial charge < -0.3 is 9.88 Å². The van der Waals surface area contributed by atoms with E-state index in [2.05, 4.69) is 5.32 Å². The van der Waals surface area contributed by atoms with Crippen LogP contribution in [-0.2, 0) is 36.0 Å². The molecule has 1 N–H and O–H groups in total. The van der Waals surface area contributed by atoms with Gasteiger partial charge in [-0.05, 0) is 59.7 Å². The van der Waals surface area contributed by atoms with Gasteiger partial charge in [0, 0.05) is 42.2 Å². The Morgan fingerprint density at radius 3 is 2.30 bits per heavy atom. The van der Waals surface area contributed by atoms with Crippen LogP contribution in [0.4, 0.5) is 17.6 Å². The zero-order valence-corrected chi connectivity index (χ0v) is 20.9. The molecule has 0 unspecified atom stereocenters. The van der Waals surface area contributed by atoms with Gasteiger partial charge in [0.15, 0.2) is 9.84 Å². The number of halogens is 4. The Kier molecular flexibility index (Phi) is 7.14. The van der Waals surface area contributed by atoms with Crippen LogP contribution in [0.3, 0.4) is 0 Å². The zero-order chi connectivity index (χ0) is 27.0. The number of amides is 1. The lowest BCUT2D eigenvalue weighted by atomic mass is 10.1. The first-order chi connectivity index (χ1) is 17.4. The Labute approximate surface area is 211 Å². The highest BCUT2D eigenvalue weighted by Crippen LogP contribution is 2.31. The first-order valence-corrected chi connectivity index (χ1v) is 13.1. The van der Waals surface area contributed by atoms with Crippen molar-refractivity contribution in [3.05, 3.63) is 100 Å². The number of sulfone groups is 1. The molecule has 10 heteroatoms. The van der Waals surface area contributed by atoms with Gasteiger partial charge in [0.25, 0.3) is 5.91 Å². The Hall–Kier alpha value is -3.66. The lowest BCUT2D eigenvalue weighted by Crippen LogP contribution is -2.22. The number of nitrogens with zero attached hydrogens (tertiary/aromatic N) is 1. The second-order valence-electron chi connectivity index (χ2n) is 8.68. The van der Waals surface area contributed by atoms with E-state index in [-0.39, 0.29) is 35.1 Å². The number of hydrogen-bond donors (Lipinski definition) is 1. The standard InChI is InChI=1S/C27H24F4N2O3S/c1-3-37(35,36)23-9-4-17(5-10-23)16-32-26(34)19-7-11-25-20(12-19)14-22(33(25)2)13-18-6-8-21(15-24(18)28)27(29,30)31/h4-12,14-15H,3,13,16H2,1-2H3,(H,32,34). The third-order valence-electron chi connectivity index (χ3n) is 6.27. The Balaban J connectivity index is 1.48. The van der Waals surface area contributed by atoms with Crippen molar-refractivity contribution in [2.24, 2.45) is 7.05 Å². The van der Waals surface area contributed by atoms with E-state index in [9.17, 15) is 30.8 Å². The van der Waals surface area contributed by atoms with Gasteiger partial charge in [-0.2, -0.15) is 13.2 Å². The number of aryl methyl sites for hydroxylation is 1. The predicted octanol–water partition coefficient (Wildman–Crippen LogP) is 5.65. The Bertz CT molecular complexity index is 1570. The number of carbonyl (C=O) groups excluding carboxylic acids is 1. The molecule has 194 valence electrons.